The number of carbonyl (C=O) groups is 4. The van der Waals surface area contributed by atoms with Crippen LogP contribution in [-0.2, 0) is 14.4 Å². The van der Waals surface area contributed by atoms with Crippen molar-refractivity contribution in [3.05, 3.63) is 28.7 Å². The Balaban J connectivity index is 1.72. The molecular weight excluding hydrogens is 434 g/mol. The Morgan fingerprint density at radius 2 is 1.81 bits per heavy atom. The second kappa shape index (κ2) is 11.0. The van der Waals surface area contributed by atoms with Gasteiger partial charge in [0.2, 0.25) is 5.91 Å². The van der Waals surface area contributed by atoms with Gasteiger partial charge in [0.25, 0.3) is 17.1 Å². The van der Waals surface area contributed by atoms with Crippen LogP contribution in [0.15, 0.2) is 23.1 Å². The molecule has 0 unspecified atom stereocenters. The fourth-order valence-electron chi connectivity index (χ4n) is 3.49. The average Bonchev–Trinajstić information content (AvgIpc) is 2.96. The smallest absolute Gasteiger partial charge is 0.294 e. The Morgan fingerprint density at radius 3 is 2.47 bits per heavy atom. The molecule has 9 nitrogen and oxygen atoms in total. The zero-order chi connectivity index (χ0) is 23.1. The van der Waals surface area contributed by atoms with E-state index in [0.29, 0.717) is 36.8 Å². The van der Waals surface area contributed by atoms with Crippen LogP contribution in [0.1, 0.15) is 38.2 Å². The van der Waals surface area contributed by atoms with E-state index >= 15 is 0 Å². The number of rotatable bonds is 8. The average molecular weight is 462 g/mol. The molecule has 32 heavy (non-hydrogen) atoms. The van der Waals surface area contributed by atoms with E-state index in [2.05, 4.69) is 0 Å². The third-order valence-corrected chi connectivity index (χ3v) is 5.97. The van der Waals surface area contributed by atoms with Gasteiger partial charge in [-0.25, -0.2) is 0 Å². The van der Waals surface area contributed by atoms with E-state index in [1.54, 1.807) is 36.1 Å². The standard InChI is InChI=1S/C22H27N3O6S/c1-2-30-17-11-15(7-8-16(17)31-14-19(23)26)12-18-21(28)25(22(29)32-18)13-20(27)24-9-5-3-4-6-10-24/h7-8,11-12H,2-6,9-10,13-14H2,1H3,(H2,23,26). The van der Waals surface area contributed by atoms with Gasteiger partial charge in [0, 0.05) is 13.1 Å². The largest absolute Gasteiger partial charge is 0.490 e. The van der Waals surface area contributed by atoms with Gasteiger partial charge in [-0.1, -0.05) is 18.9 Å². The molecule has 2 aliphatic rings. The molecule has 0 radical (unpaired) electrons. The van der Waals surface area contributed by atoms with E-state index in [9.17, 15) is 19.2 Å². The van der Waals surface area contributed by atoms with Crippen molar-refractivity contribution in [2.24, 2.45) is 5.73 Å². The van der Waals surface area contributed by atoms with Crippen molar-refractivity contribution in [1.82, 2.24) is 9.80 Å². The minimum Gasteiger partial charge on any atom is -0.490 e. The Bertz CT molecular complexity index is 924. The second-order valence-electron chi connectivity index (χ2n) is 7.46. The highest BCUT2D eigenvalue weighted by atomic mass is 32.2. The zero-order valence-corrected chi connectivity index (χ0v) is 18.8. The highest BCUT2D eigenvalue weighted by Crippen LogP contribution is 2.34. The number of imide groups is 1. The summed E-state index contributed by atoms with van der Waals surface area (Å²) in [6, 6.07) is 4.93. The van der Waals surface area contributed by atoms with E-state index in [4.69, 9.17) is 15.2 Å². The van der Waals surface area contributed by atoms with Crippen LogP contribution in [-0.4, -0.2) is 65.6 Å². The fraction of sp³-hybridized carbons (Fsp3) is 0.455. The predicted molar refractivity (Wildman–Crippen MR) is 120 cm³/mol. The molecule has 0 bridgehead atoms. The van der Waals surface area contributed by atoms with Gasteiger partial charge in [0.05, 0.1) is 11.5 Å². The number of nitrogens with zero attached hydrogens (tertiary/aromatic N) is 2. The molecule has 2 fully saturated rings. The molecule has 172 valence electrons. The van der Waals surface area contributed by atoms with Crippen molar-refractivity contribution in [3.8, 4) is 11.5 Å². The molecule has 2 aliphatic heterocycles. The lowest BCUT2D eigenvalue weighted by atomic mass is 10.2. The molecule has 1 aromatic rings. The van der Waals surface area contributed by atoms with Crippen molar-refractivity contribution < 1.29 is 28.7 Å². The van der Waals surface area contributed by atoms with E-state index in [1.807, 2.05) is 0 Å². The maximum Gasteiger partial charge on any atom is 0.294 e. The number of primary amides is 1. The third kappa shape index (κ3) is 6.03. The summed E-state index contributed by atoms with van der Waals surface area (Å²) >= 11 is 0.802. The van der Waals surface area contributed by atoms with Crippen LogP contribution in [0.2, 0.25) is 0 Å². The van der Waals surface area contributed by atoms with E-state index in [-0.39, 0.29) is 24.0 Å². The highest BCUT2D eigenvalue weighted by molar-refractivity contribution is 8.18. The van der Waals surface area contributed by atoms with Gasteiger partial charge >= 0.3 is 0 Å². The van der Waals surface area contributed by atoms with Crippen molar-refractivity contribution in [3.63, 3.8) is 0 Å². The molecule has 0 saturated carbocycles. The summed E-state index contributed by atoms with van der Waals surface area (Å²) in [6.07, 6.45) is 5.62. The highest BCUT2D eigenvalue weighted by Gasteiger charge is 2.37. The molecule has 0 spiro atoms. The SMILES string of the molecule is CCOc1cc(C=C2SC(=O)N(CC(=O)N3CCCCCC3)C2=O)ccc1OCC(N)=O. The Morgan fingerprint density at radius 1 is 1.09 bits per heavy atom. The Kier molecular flexibility index (Phi) is 8.15. The van der Waals surface area contributed by atoms with Gasteiger partial charge in [-0.15, -0.1) is 0 Å². The first-order valence-electron chi connectivity index (χ1n) is 10.6. The van der Waals surface area contributed by atoms with Crippen molar-refractivity contribution >= 4 is 40.8 Å². The Labute approximate surface area is 190 Å². The van der Waals surface area contributed by atoms with Crippen molar-refractivity contribution in [2.75, 3.05) is 32.8 Å². The lowest BCUT2D eigenvalue weighted by molar-refractivity contribution is -0.135. The first-order valence-corrected chi connectivity index (χ1v) is 11.4. The summed E-state index contributed by atoms with van der Waals surface area (Å²) < 4.78 is 10.9. The summed E-state index contributed by atoms with van der Waals surface area (Å²) in [4.78, 5) is 51.8. The van der Waals surface area contributed by atoms with Crippen LogP contribution in [0.25, 0.3) is 6.08 Å². The summed E-state index contributed by atoms with van der Waals surface area (Å²) in [6.45, 7) is 2.96. The molecule has 1 aromatic carbocycles. The third-order valence-electron chi connectivity index (χ3n) is 5.06. The predicted octanol–water partition coefficient (Wildman–Crippen LogP) is 2.39. The van der Waals surface area contributed by atoms with Crippen LogP contribution in [0.4, 0.5) is 4.79 Å². The Hall–Kier alpha value is -3.01. The molecule has 10 heteroatoms. The van der Waals surface area contributed by atoms with Gasteiger partial charge in [0.1, 0.15) is 6.54 Å². The number of benzene rings is 1. The normalized spacial score (nSPS) is 18.1. The molecule has 2 heterocycles. The maximum atomic E-state index is 12.8. The summed E-state index contributed by atoms with van der Waals surface area (Å²) in [5, 5.41) is -0.462. The fourth-order valence-corrected chi connectivity index (χ4v) is 4.33. The maximum absolute atomic E-state index is 12.8. The van der Waals surface area contributed by atoms with E-state index in [0.717, 1.165) is 42.3 Å². The van der Waals surface area contributed by atoms with Crippen molar-refractivity contribution in [2.45, 2.75) is 32.6 Å². The van der Waals surface area contributed by atoms with Gasteiger partial charge in [0.15, 0.2) is 18.1 Å². The van der Waals surface area contributed by atoms with Crippen LogP contribution in [0, 0.1) is 0 Å². The monoisotopic (exact) mass is 461 g/mol. The quantitative estimate of drug-likeness (QED) is 0.590. The number of ether oxygens (including phenoxy) is 2. The van der Waals surface area contributed by atoms with Gasteiger partial charge in [-0.05, 0) is 55.3 Å². The number of amides is 4. The van der Waals surface area contributed by atoms with Crippen molar-refractivity contribution in [1.29, 1.82) is 0 Å². The van der Waals surface area contributed by atoms with Gasteiger partial charge < -0.3 is 20.1 Å². The summed E-state index contributed by atoms with van der Waals surface area (Å²) in [5.74, 6) is -0.572. The molecule has 2 N–H and O–H groups in total. The topological polar surface area (TPSA) is 119 Å². The lowest BCUT2D eigenvalue weighted by Crippen LogP contribution is -2.42. The number of nitrogens with two attached hydrogens (primary N) is 1. The summed E-state index contributed by atoms with van der Waals surface area (Å²) in [7, 11) is 0. The van der Waals surface area contributed by atoms with Crippen LogP contribution in [0.5, 0.6) is 11.5 Å². The second-order valence-corrected chi connectivity index (χ2v) is 8.45. The molecule has 0 atom stereocenters. The number of likely N-dealkylation sites (tertiary alicyclic amines) is 1. The van der Waals surface area contributed by atoms with Gasteiger partial charge in [-0.3, -0.25) is 24.1 Å². The number of hydrogen-bond acceptors (Lipinski definition) is 7. The first kappa shape index (κ1) is 23.6. The van der Waals surface area contributed by atoms with Gasteiger partial charge in [-0.2, -0.15) is 0 Å². The van der Waals surface area contributed by atoms with Crippen LogP contribution in [0.3, 0.4) is 0 Å². The number of hydrogen-bond donors (Lipinski definition) is 1. The number of thioether (sulfide) groups is 1. The minimum atomic E-state index is -0.611. The van der Waals surface area contributed by atoms with Crippen LogP contribution < -0.4 is 15.2 Å². The molecule has 3 rings (SSSR count). The molecule has 0 aromatic heterocycles. The zero-order valence-electron chi connectivity index (χ0n) is 18.0. The molecule has 4 amide bonds. The molecular formula is C22H27N3O6S. The van der Waals surface area contributed by atoms with E-state index < -0.39 is 17.1 Å². The molecule has 0 aliphatic carbocycles. The summed E-state index contributed by atoms with van der Waals surface area (Å²) in [5.41, 5.74) is 5.73. The minimum absolute atomic E-state index is 0.204. The lowest BCUT2D eigenvalue weighted by Gasteiger charge is -2.22. The number of carbonyl (C=O) groups excluding carboxylic acids is 4. The first-order chi connectivity index (χ1) is 15.4. The van der Waals surface area contributed by atoms with Crippen LogP contribution >= 0.6 is 11.8 Å². The molecule has 2 saturated heterocycles. The van der Waals surface area contributed by atoms with E-state index in [1.165, 1.54) is 0 Å².